The Bertz CT molecular complexity index is 832. The Balaban J connectivity index is 1.58. The van der Waals surface area contributed by atoms with E-state index in [-0.39, 0.29) is 11.6 Å². The quantitative estimate of drug-likeness (QED) is 0.852. The molecule has 5 rings (SSSR count). The number of aromatic nitrogens is 2. The molecule has 0 radical (unpaired) electrons. The zero-order valence-electron chi connectivity index (χ0n) is 14.2. The second-order valence-corrected chi connectivity index (χ2v) is 7.20. The predicted molar refractivity (Wildman–Crippen MR) is 91.5 cm³/mol. The third kappa shape index (κ3) is 2.28. The summed E-state index contributed by atoms with van der Waals surface area (Å²) in [6, 6.07) is 4.61. The molecule has 2 fully saturated rings. The minimum absolute atomic E-state index is 0.351. The van der Waals surface area contributed by atoms with E-state index in [4.69, 9.17) is 9.47 Å². The van der Waals surface area contributed by atoms with Crippen LogP contribution in [0.15, 0.2) is 24.5 Å². The Morgan fingerprint density at radius 3 is 2.92 bits per heavy atom. The summed E-state index contributed by atoms with van der Waals surface area (Å²) in [4.78, 5) is 22.1. The van der Waals surface area contributed by atoms with E-state index in [0.717, 1.165) is 54.5 Å². The van der Waals surface area contributed by atoms with Crippen LogP contribution in [0, 0.1) is 0 Å². The lowest BCUT2D eigenvalue weighted by Crippen LogP contribution is -2.47. The molecular weight excluding hydrogens is 318 g/mol. The molecule has 0 aromatic carbocycles. The number of likely N-dealkylation sites (tertiary alicyclic amines) is 1. The van der Waals surface area contributed by atoms with Crippen LogP contribution in [0.2, 0.25) is 0 Å². The second kappa shape index (κ2) is 5.33. The largest absolute Gasteiger partial charge is 0.480 e. The zero-order valence-corrected chi connectivity index (χ0v) is 14.2. The monoisotopic (exact) mass is 339 g/mol. The van der Waals surface area contributed by atoms with Gasteiger partial charge in [-0.15, -0.1) is 0 Å². The molecule has 2 aliphatic heterocycles. The summed E-state index contributed by atoms with van der Waals surface area (Å²) in [5, 5.41) is 0. The van der Waals surface area contributed by atoms with Crippen molar-refractivity contribution in [2.45, 2.75) is 37.3 Å². The molecule has 130 valence electrons. The molecule has 25 heavy (non-hydrogen) atoms. The lowest BCUT2D eigenvalue weighted by molar-refractivity contribution is -0.00703. The lowest BCUT2D eigenvalue weighted by Gasteiger charge is -2.44. The number of hydrogen-bond donors (Lipinski definition) is 1. The number of esters is 1. The van der Waals surface area contributed by atoms with Crippen molar-refractivity contribution in [2.75, 3.05) is 20.2 Å². The number of nitrogens with zero attached hydrogens (tertiary/aromatic N) is 2. The van der Waals surface area contributed by atoms with Crippen LogP contribution >= 0.6 is 0 Å². The standard InChI is InChI=1S/C19H21N3O3/c1-24-18(23)15-10-14-17(21-15)13-4-7-20-11-16(13)25-19(14)5-8-22(9-6-19)12-2-3-12/h4,7,10-12,21H,2-3,5-6,8-9H2,1H3. The number of methoxy groups -OCH3 is 1. The summed E-state index contributed by atoms with van der Waals surface area (Å²) in [7, 11) is 1.40. The van der Waals surface area contributed by atoms with Gasteiger partial charge in [-0.3, -0.25) is 4.98 Å². The fraction of sp³-hybridized carbons (Fsp3) is 0.474. The van der Waals surface area contributed by atoms with Gasteiger partial charge < -0.3 is 19.4 Å². The molecule has 0 amide bonds. The highest BCUT2D eigenvalue weighted by Crippen LogP contribution is 2.50. The van der Waals surface area contributed by atoms with E-state index < -0.39 is 0 Å². The summed E-state index contributed by atoms with van der Waals surface area (Å²) in [6.07, 6.45) is 8.00. The molecule has 2 aromatic heterocycles. The maximum Gasteiger partial charge on any atom is 0.354 e. The van der Waals surface area contributed by atoms with E-state index in [1.165, 1.54) is 20.0 Å². The summed E-state index contributed by atoms with van der Waals surface area (Å²) in [6.45, 7) is 2.05. The highest BCUT2D eigenvalue weighted by atomic mass is 16.5. The molecular formula is C19H21N3O3. The number of pyridine rings is 1. The molecule has 0 bridgehead atoms. The van der Waals surface area contributed by atoms with Gasteiger partial charge in [0.1, 0.15) is 17.0 Å². The van der Waals surface area contributed by atoms with Crippen LogP contribution in [0.4, 0.5) is 0 Å². The summed E-state index contributed by atoms with van der Waals surface area (Å²) in [5.41, 5.74) is 3.07. The van der Waals surface area contributed by atoms with Gasteiger partial charge in [-0.05, 0) is 25.0 Å². The van der Waals surface area contributed by atoms with Crippen molar-refractivity contribution in [1.29, 1.82) is 0 Å². The van der Waals surface area contributed by atoms with Crippen molar-refractivity contribution in [3.8, 4) is 17.0 Å². The number of nitrogens with one attached hydrogen (secondary N) is 1. The van der Waals surface area contributed by atoms with E-state index in [9.17, 15) is 4.79 Å². The molecule has 0 unspecified atom stereocenters. The van der Waals surface area contributed by atoms with Crippen molar-refractivity contribution in [2.24, 2.45) is 0 Å². The number of ether oxygens (including phenoxy) is 2. The zero-order chi connectivity index (χ0) is 17.0. The van der Waals surface area contributed by atoms with Crippen LogP contribution in [-0.4, -0.2) is 47.1 Å². The first-order chi connectivity index (χ1) is 12.2. The number of H-pyrrole nitrogens is 1. The molecule has 4 heterocycles. The number of piperidine rings is 1. The Morgan fingerprint density at radius 2 is 2.20 bits per heavy atom. The van der Waals surface area contributed by atoms with E-state index in [1.807, 2.05) is 12.1 Å². The van der Waals surface area contributed by atoms with Gasteiger partial charge >= 0.3 is 5.97 Å². The van der Waals surface area contributed by atoms with Crippen molar-refractivity contribution in [3.63, 3.8) is 0 Å². The molecule has 1 N–H and O–H groups in total. The van der Waals surface area contributed by atoms with Crippen molar-refractivity contribution in [1.82, 2.24) is 14.9 Å². The smallest absolute Gasteiger partial charge is 0.354 e. The Hall–Kier alpha value is -2.34. The molecule has 1 saturated carbocycles. The fourth-order valence-electron chi connectivity index (χ4n) is 4.24. The van der Waals surface area contributed by atoms with E-state index in [1.54, 1.807) is 12.4 Å². The van der Waals surface area contributed by atoms with Gasteiger partial charge in [0.2, 0.25) is 0 Å². The minimum Gasteiger partial charge on any atom is -0.480 e. The molecule has 1 saturated heterocycles. The summed E-state index contributed by atoms with van der Waals surface area (Å²) >= 11 is 0. The number of hydrogen-bond acceptors (Lipinski definition) is 5. The molecule has 3 aliphatic rings. The maximum absolute atomic E-state index is 12.0. The molecule has 1 aliphatic carbocycles. The maximum atomic E-state index is 12.0. The summed E-state index contributed by atoms with van der Waals surface area (Å²) in [5.74, 6) is 0.434. The number of aromatic amines is 1. The molecule has 0 atom stereocenters. The second-order valence-electron chi connectivity index (χ2n) is 7.20. The average Bonchev–Trinajstić information content (AvgIpc) is 3.39. The van der Waals surface area contributed by atoms with Crippen LogP contribution in [0.1, 0.15) is 41.7 Å². The third-order valence-corrected chi connectivity index (χ3v) is 5.74. The van der Waals surface area contributed by atoms with Crippen molar-refractivity contribution in [3.05, 3.63) is 35.8 Å². The first-order valence-corrected chi connectivity index (χ1v) is 8.89. The van der Waals surface area contributed by atoms with Crippen LogP contribution in [0.5, 0.6) is 5.75 Å². The van der Waals surface area contributed by atoms with Gasteiger partial charge in [-0.1, -0.05) is 0 Å². The van der Waals surface area contributed by atoms with Gasteiger partial charge in [-0.2, -0.15) is 0 Å². The number of rotatable bonds is 2. The topological polar surface area (TPSA) is 67.5 Å². The first kappa shape index (κ1) is 15.0. The van der Waals surface area contributed by atoms with Crippen LogP contribution in [-0.2, 0) is 10.3 Å². The van der Waals surface area contributed by atoms with Crippen LogP contribution in [0.3, 0.4) is 0 Å². The summed E-state index contributed by atoms with van der Waals surface area (Å²) < 4.78 is 11.4. The van der Waals surface area contributed by atoms with Gasteiger partial charge in [0.05, 0.1) is 19.0 Å². The number of carbonyl (C=O) groups excluding carboxylic acids is 1. The SMILES string of the molecule is COC(=O)c1cc2c([nH]1)-c1ccncc1OC21CCN(C2CC2)CC1. The van der Waals surface area contributed by atoms with E-state index in [2.05, 4.69) is 14.9 Å². The van der Waals surface area contributed by atoms with Gasteiger partial charge in [0, 0.05) is 49.3 Å². The Morgan fingerprint density at radius 1 is 1.40 bits per heavy atom. The van der Waals surface area contributed by atoms with Gasteiger partial charge in [0.25, 0.3) is 0 Å². The highest BCUT2D eigenvalue weighted by molar-refractivity contribution is 5.90. The third-order valence-electron chi connectivity index (χ3n) is 5.74. The highest BCUT2D eigenvalue weighted by Gasteiger charge is 2.46. The normalized spacial score (nSPS) is 21.3. The Kier molecular flexibility index (Phi) is 3.19. The number of fused-ring (bicyclic) bond motifs is 4. The molecule has 2 aromatic rings. The first-order valence-electron chi connectivity index (χ1n) is 8.89. The van der Waals surface area contributed by atoms with Crippen LogP contribution in [0.25, 0.3) is 11.3 Å². The average molecular weight is 339 g/mol. The van der Waals surface area contributed by atoms with Gasteiger partial charge in [0.15, 0.2) is 0 Å². The van der Waals surface area contributed by atoms with Gasteiger partial charge in [-0.25, -0.2) is 4.79 Å². The minimum atomic E-state index is -0.389. The molecule has 1 spiro atoms. The van der Waals surface area contributed by atoms with E-state index in [0.29, 0.717) is 5.69 Å². The van der Waals surface area contributed by atoms with Crippen LogP contribution < -0.4 is 4.74 Å². The Labute approximate surface area is 146 Å². The fourth-order valence-corrected chi connectivity index (χ4v) is 4.24. The number of carbonyl (C=O) groups is 1. The van der Waals surface area contributed by atoms with E-state index >= 15 is 0 Å². The van der Waals surface area contributed by atoms with Crippen molar-refractivity contribution >= 4 is 5.97 Å². The predicted octanol–water partition coefficient (Wildman–Crippen LogP) is 2.71. The molecule has 6 nitrogen and oxygen atoms in total. The lowest BCUT2D eigenvalue weighted by atomic mass is 9.81. The molecule has 6 heteroatoms. The van der Waals surface area contributed by atoms with Crippen molar-refractivity contribution < 1.29 is 14.3 Å².